The van der Waals surface area contributed by atoms with Crippen molar-refractivity contribution in [2.45, 2.75) is 44.6 Å². The fraction of sp³-hybridized carbons (Fsp3) is 0.471. The van der Waals surface area contributed by atoms with E-state index >= 15 is 0 Å². The van der Waals surface area contributed by atoms with Gasteiger partial charge in [-0.2, -0.15) is 5.10 Å². The molecule has 0 bridgehead atoms. The van der Waals surface area contributed by atoms with Gasteiger partial charge in [-0.05, 0) is 37.1 Å². The van der Waals surface area contributed by atoms with Gasteiger partial charge in [0.05, 0.1) is 5.69 Å². The molecule has 1 aromatic heterocycles. The Morgan fingerprint density at radius 1 is 1.14 bits per heavy atom. The maximum Gasteiger partial charge on any atom is 0.253 e. The van der Waals surface area contributed by atoms with Gasteiger partial charge in [-0.1, -0.05) is 25.7 Å². The third-order valence-corrected chi connectivity index (χ3v) is 4.49. The van der Waals surface area contributed by atoms with Crippen molar-refractivity contribution in [3.8, 4) is 5.69 Å². The van der Waals surface area contributed by atoms with E-state index in [4.69, 9.17) is 0 Å². The van der Waals surface area contributed by atoms with Gasteiger partial charge in [0.25, 0.3) is 5.91 Å². The van der Waals surface area contributed by atoms with Gasteiger partial charge in [-0.25, -0.2) is 9.67 Å². The Balaban J connectivity index is 1.71. The summed E-state index contributed by atoms with van der Waals surface area (Å²) in [4.78, 5) is 18.5. The zero-order valence-corrected chi connectivity index (χ0v) is 13.0. The Hall–Kier alpha value is -2.17. The smallest absolute Gasteiger partial charge is 0.253 e. The molecule has 5 heteroatoms. The van der Waals surface area contributed by atoms with Crippen molar-refractivity contribution in [1.82, 2.24) is 19.7 Å². The third-order valence-electron chi connectivity index (χ3n) is 4.49. The molecule has 0 atom stereocenters. The molecule has 0 radical (unpaired) electrons. The van der Waals surface area contributed by atoms with Crippen molar-refractivity contribution in [3.05, 3.63) is 42.5 Å². The maximum absolute atomic E-state index is 12.6. The van der Waals surface area contributed by atoms with Crippen LogP contribution in [0.5, 0.6) is 0 Å². The van der Waals surface area contributed by atoms with E-state index in [1.165, 1.54) is 32.0 Å². The van der Waals surface area contributed by atoms with E-state index in [0.717, 1.165) is 24.1 Å². The predicted molar refractivity (Wildman–Crippen MR) is 84.9 cm³/mol. The molecule has 1 amide bonds. The topological polar surface area (TPSA) is 51.0 Å². The quantitative estimate of drug-likeness (QED) is 0.818. The molecule has 1 saturated carbocycles. The molecule has 116 valence electrons. The number of hydrogen-bond acceptors (Lipinski definition) is 3. The van der Waals surface area contributed by atoms with Crippen LogP contribution in [0.3, 0.4) is 0 Å². The molecule has 0 spiro atoms. The van der Waals surface area contributed by atoms with Crippen LogP contribution in [-0.2, 0) is 0 Å². The SMILES string of the molecule is CN(C(=O)c1ccc(-n2cncn2)cc1)C1CCCCCC1. The third kappa shape index (κ3) is 3.18. The van der Waals surface area contributed by atoms with E-state index < -0.39 is 0 Å². The highest BCUT2D eigenvalue weighted by Crippen LogP contribution is 2.22. The van der Waals surface area contributed by atoms with E-state index in [2.05, 4.69) is 10.1 Å². The molecule has 0 N–H and O–H groups in total. The van der Waals surface area contributed by atoms with Crippen LogP contribution in [0.1, 0.15) is 48.9 Å². The van der Waals surface area contributed by atoms with E-state index in [9.17, 15) is 4.79 Å². The summed E-state index contributed by atoms with van der Waals surface area (Å²) >= 11 is 0. The summed E-state index contributed by atoms with van der Waals surface area (Å²) in [5.41, 5.74) is 1.64. The van der Waals surface area contributed by atoms with Gasteiger partial charge >= 0.3 is 0 Å². The van der Waals surface area contributed by atoms with E-state index in [1.54, 1.807) is 11.0 Å². The Kier molecular flexibility index (Phi) is 4.51. The van der Waals surface area contributed by atoms with Crippen LogP contribution in [-0.4, -0.2) is 38.7 Å². The second-order valence-electron chi connectivity index (χ2n) is 5.95. The first kappa shape index (κ1) is 14.8. The van der Waals surface area contributed by atoms with Crippen LogP contribution in [0.2, 0.25) is 0 Å². The molecule has 1 fully saturated rings. The summed E-state index contributed by atoms with van der Waals surface area (Å²) in [6.07, 6.45) is 10.4. The van der Waals surface area contributed by atoms with Crippen molar-refractivity contribution < 1.29 is 4.79 Å². The van der Waals surface area contributed by atoms with Gasteiger partial charge in [-0.3, -0.25) is 4.79 Å². The molecule has 1 aliphatic carbocycles. The first-order chi connectivity index (χ1) is 10.8. The largest absolute Gasteiger partial charge is 0.339 e. The van der Waals surface area contributed by atoms with Gasteiger partial charge < -0.3 is 4.90 Å². The molecule has 0 saturated heterocycles. The number of nitrogens with zero attached hydrogens (tertiary/aromatic N) is 4. The predicted octanol–water partition coefficient (Wildman–Crippen LogP) is 3.06. The molecule has 3 rings (SSSR count). The zero-order valence-electron chi connectivity index (χ0n) is 13.0. The summed E-state index contributed by atoms with van der Waals surface area (Å²) in [5, 5.41) is 4.09. The lowest BCUT2D eigenvalue weighted by atomic mass is 10.1. The van der Waals surface area contributed by atoms with Crippen molar-refractivity contribution >= 4 is 5.91 Å². The fourth-order valence-electron chi connectivity index (χ4n) is 3.11. The monoisotopic (exact) mass is 298 g/mol. The molecular formula is C17H22N4O. The number of carbonyl (C=O) groups is 1. The lowest BCUT2D eigenvalue weighted by molar-refractivity contribution is 0.0717. The first-order valence-electron chi connectivity index (χ1n) is 7.98. The summed E-state index contributed by atoms with van der Waals surface area (Å²) in [6.45, 7) is 0. The minimum atomic E-state index is 0.108. The van der Waals surface area contributed by atoms with E-state index in [1.807, 2.05) is 36.2 Å². The molecule has 5 nitrogen and oxygen atoms in total. The standard InChI is InChI=1S/C17H22N4O/c1-20(15-6-4-2-3-5-7-15)17(22)14-8-10-16(11-9-14)21-13-18-12-19-21/h8-13,15H,2-7H2,1H3. The second-order valence-corrected chi connectivity index (χ2v) is 5.95. The molecule has 0 unspecified atom stereocenters. The summed E-state index contributed by atoms with van der Waals surface area (Å²) in [6, 6.07) is 7.93. The molecule has 22 heavy (non-hydrogen) atoms. The highest BCUT2D eigenvalue weighted by molar-refractivity contribution is 5.94. The van der Waals surface area contributed by atoms with Crippen LogP contribution in [0.15, 0.2) is 36.9 Å². The van der Waals surface area contributed by atoms with Gasteiger partial charge in [0, 0.05) is 18.7 Å². The average molecular weight is 298 g/mol. The minimum absolute atomic E-state index is 0.108. The molecule has 0 aliphatic heterocycles. The number of carbonyl (C=O) groups excluding carboxylic acids is 1. The molecule has 1 aliphatic rings. The lowest BCUT2D eigenvalue weighted by Crippen LogP contribution is -2.36. The number of rotatable bonds is 3. The Morgan fingerprint density at radius 2 is 1.82 bits per heavy atom. The van der Waals surface area contributed by atoms with Crippen molar-refractivity contribution in [1.29, 1.82) is 0 Å². The molecule has 1 heterocycles. The van der Waals surface area contributed by atoms with Crippen LogP contribution in [0.25, 0.3) is 5.69 Å². The fourth-order valence-corrected chi connectivity index (χ4v) is 3.11. The number of benzene rings is 1. The van der Waals surface area contributed by atoms with Crippen molar-refractivity contribution in [2.24, 2.45) is 0 Å². The van der Waals surface area contributed by atoms with Crippen LogP contribution in [0.4, 0.5) is 0 Å². The highest BCUT2D eigenvalue weighted by atomic mass is 16.2. The summed E-state index contributed by atoms with van der Waals surface area (Å²) < 4.78 is 1.68. The summed E-state index contributed by atoms with van der Waals surface area (Å²) in [5.74, 6) is 0.108. The lowest BCUT2D eigenvalue weighted by Gasteiger charge is -2.27. The van der Waals surface area contributed by atoms with Crippen molar-refractivity contribution in [2.75, 3.05) is 7.05 Å². The van der Waals surface area contributed by atoms with Gasteiger partial charge in [0.15, 0.2) is 0 Å². The van der Waals surface area contributed by atoms with E-state index in [-0.39, 0.29) is 5.91 Å². The van der Waals surface area contributed by atoms with E-state index in [0.29, 0.717) is 6.04 Å². The molecule has 1 aromatic carbocycles. The number of hydrogen-bond donors (Lipinski definition) is 0. The van der Waals surface area contributed by atoms with Gasteiger partial charge in [0.2, 0.25) is 0 Å². The highest BCUT2D eigenvalue weighted by Gasteiger charge is 2.22. The number of aromatic nitrogens is 3. The van der Waals surface area contributed by atoms with Crippen LogP contribution in [0, 0.1) is 0 Å². The zero-order chi connectivity index (χ0) is 15.4. The average Bonchev–Trinajstić information content (AvgIpc) is 2.96. The Labute approximate surface area is 131 Å². The van der Waals surface area contributed by atoms with Gasteiger partial charge in [0.1, 0.15) is 12.7 Å². The second kappa shape index (κ2) is 6.73. The van der Waals surface area contributed by atoms with Gasteiger partial charge in [-0.15, -0.1) is 0 Å². The maximum atomic E-state index is 12.6. The van der Waals surface area contributed by atoms with Crippen LogP contribution >= 0.6 is 0 Å². The molecule has 2 aromatic rings. The normalized spacial score (nSPS) is 16.2. The number of amides is 1. The molecular weight excluding hydrogens is 276 g/mol. The van der Waals surface area contributed by atoms with Crippen LogP contribution < -0.4 is 0 Å². The first-order valence-corrected chi connectivity index (χ1v) is 7.98. The Bertz CT molecular complexity index is 598. The summed E-state index contributed by atoms with van der Waals surface area (Å²) in [7, 11) is 1.93. The minimum Gasteiger partial charge on any atom is -0.339 e. The van der Waals surface area contributed by atoms with Crippen molar-refractivity contribution in [3.63, 3.8) is 0 Å². The Morgan fingerprint density at radius 3 is 2.41 bits per heavy atom.